The van der Waals surface area contributed by atoms with Gasteiger partial charge < -0.3 is 19.5 Å². The first-order valence-corrected chi connectivity index (χ1v) is 30.1. The van der Waals surface area contributed by atoms with E-state index in [1.165, 1.54) is 5.01 Å². The summed E-state index contributed by atoms with van der Waals surface area (Å²) in [6, 6.07) is 21.1. The van der Waals surface area contributed by atoms with Crippen LogP contribution in [-0.4, -0.2) is 126 Å². The van der Waals surface area contributed by atoms with Gasteiger partial charge in [-0.2, -0.15) is 0 Å². The quantitative estimate of drug-likeness (QED) is 0.0922. The number of hydrazine groups is 1. The van der Waals surface area contributed by atoms with Crippen molar-refractivity contribution in [2.75, 3.05) is 39.3 Å². The summed E-state index contributed by atoms with van der Waals surface area (Å²) in [5.74, 6) is -0.628. The fraction of sp³-hybridized carbons (Fsp3) is 0.540. The van der Waals surface area contributed by atoms with E-state index in [1.807, 2.05) is 78.6 Å². The van der Waals surface area contributed by atoms with Crippen LogP contribution in [0.15, 0.2) is 83.9 Å². The van der Waals surface area contributed by atoms with Gasteiger partial charge in [0.1, 0.15) is 35.8 Å². The van der Waals surface area contributed by atoms with Gasteiger partial charge in [0.25, 0.3) is 5.91 Å². The third kappa shape index (κ3) is 11.0. The first kappa shape index (κ1) is 55.1. The Morgan fingerprint density at radius 2 is 1.71 bits per heavy atom. The number of nitrogens with zero attached hydrogens (tertiary/aromatic N) is 6. The van der Waals surface area contributed by atoms with Crippen LogP contribution < -0.4 is 10.7 Å². The highest BCUT2D eigenvalue weighted by Gasteiger charge is 2.63. The number of benzene rings is 3. The topological polar surface area (TPSA) is 149 Å². The number of alkyl halides is 1. The van der Waals surface area contributed by atoms with Crippen LogP contribution >= 0.6 is 0 Å². The zero-order chi connectivity index (χ0) is 55.7. The van der Waals surface area contributed by atoms with Crippen molar-refractivity contribution in [1.82, 2.24) is 39.4 Å². The second kappa shape index (κ2) is 21.9. The van der Waals surface area contributed by atoms with E-state index in [-0.39, 0.29) is 54.0 Å². The summed E-state index contributed by atoms with van der Waals surface area (Å²) in [5.41, 5.74) is 11.8. The van der Waals surface area contributed by atoms with Crippen LogP contribution in [0.2, 0.25) is 0 Å². The largest absolute Gasteiger partial charge is 0.464 e. The van der Waals surface area contributed by atoms with Crippen LogP contribution in [0.3, 0.4) is 0 Å². The molecule has 14 nitrogen and oxygen atoms in total. The highest BCUT2D eigenvalue weighted by atomic mass is 32.2. The van der Waals surface area contributed by atoms with Gasteiger partial charge in [-0.05, 0) is 153 Å². The third-order valence-electron chi connectivity index (χ3n) is 17.8. The molecule has 8 atom stereocenters. The first-order chi connectivity index (χ1) is 37.9. The Bertz CT molecular complexity index is 3190. The van der Waals surface area contributed by atoms with Gasteiger partial charge in [0.2, 0.25) is 11.8 Å². The minimum absolute atomic E-state index is 0.00829. The zero-order valence-corrected chi connectivity index (χ0v) is 48.2. The molecule has 7 heterocycles. The molecule has 4 saturated heterocycles. The Kier molecular flexibility index (Phi) is 15.3. The molecule has 0 radical (unpaired) electrons. The third-order valence-corrected chi connectivity index (χ3v) is 19.3. The summed E-state index contributed by atoms with van der Waals surface area (Å²) in [7, 11) is -1.42. The van der Waals surface area contributed by atoms with Gasteiger partial charge in [-0.15, -0.1) is 0 Å². The zero-order valence-electron chi connectivity index (χ0n) is 47.4. The molecule has 3 aromatic carbocycles. The van der Waals surface area contributed by atoms with Crippen molar-refractivity contribution < 1.29 is 32.5 Å². The lowest BCUT2D eigenvalue weighted by Crippen LogP contribution is -2.62. The Hall–Kier alpha value is -5.81. The van der Waals surface area contributed by atoms with Crippen LogP contribution in [0.25, 0.3) is 33.3 Å². The lowest BCUT2D eigenvalue weighted by Gasteiger charge is -2.37. The monoisotopic (exact) mass is 1090 g/mol. The lowest BCUT2D eigenvalue weighted by molar-refractivity contribution is -0.155. The number of pyridine rings is 1. The second-order valence-electron chi connectivity index (χ2n) is 25.2. The van der Waals surface area contributed by atoms with Crippen LogP contribution in [0.5, 0.6) is 0 Å². The average molecular weight is 1100 g/mol. The van der Waals surface area contributed by atoms with Gasteiger partial charge in [-0.1, -0.05) is 77.4 Å². The van der Waals surface area contributed by atoms with Crippen molar-refractivity contribution in [1.29, 1.82) is 0 Å². The van der Waals surface area contributed by atoms with Gasteiger partial charge in [0.05, 0.1) is 35.0 Å². The molecule has 5 aliphatic heterocycles. The Morgan fingerprint density at radius 1 is 0.937 bits per heavy atom. The Balaban J connectivity index is 0.884. The van der Waals surface area contributed by atoms with Gasteiger partial charge in [-0.3, -0.25) is 34.1 Å². The van der Waals surface area contributed by atoms with Gasteiger partial charge in [-0.25, -0.2) is 18.3 Å². The number of aryl methyl sites for hydroxylation is 2. The first-order valence-electron chi connectivity index (χ1n) is 29.0. The number of cyclic esters (lactones) is 1. The molecule has 1 spiro atoms. The van der Waals surface area contributed by atoms with E-state index in [0.717, 1.165) is 80.7 Å². The van der Waals surface area contributed by atoms with Crippen molar-refractivity contribution in [3.63, 3.8) is 0 Å². The number of hydrogen-bond acceptors (Lipinski definition) is 9. The molecule has 11 rings (SSSR count). The molecular formula is C63H79FN8O6S. The number of rotatable bonds is 12. The summed E-state index contributed by atoms with van der Waals surface area (Å²) in [5, 5.41) is 5.76. The molecule has 1 unspecified atom stereocenters. The van der Waals surface area contributed by atoms with Crippen molar-refractivity contribution >= 4 is 45.6 Å². The smallest absolute Gasteiger partial charge is 0.324 e. The molecule has 79 heavy (non-hydrogen) atoms. The molecule has 6 aliphatic rings. The molecule has 2 N–H and O–H groups in total. The van der Waals surface area contributed by atoms with Gasteiger partial charge in [0, 0.05) is 72.6 Å². The van der Waals surface area contributed by atoms with Crippen LogP contribution in [0.4, 0.5) is 4.39 Å². The fourth-order valence-corrected chi connectivity index (χ4v) is 15.1. The summed E-state index contributed by atoms with van der Waals surface area (Å²) in [6.45, 7) is 19.7. The van der Waals surface area contributed by atoms with Crippen LogP contribution in [-0.2, 0) is 61.0 Å². The molecule has 420 valence electrons. The van der Waals surface area contributed by atoms with Crippen LogP contribution in [0.1, 0.15) is 121 Å². The summed E-state index contributed by atoms with van der Waals surface area (Å²) >= 11 is 0. The molecule has 5 aromatic rings. The number of amides is 3. The molecule has 1 aliphatic carbocycles. The molecule has 5 fully saturated rings. The summed E-state index contributed by atoms with van der Waals surface area (Å²) < 4.78 is 39.5. The number of carbonyl (C=O) groups excluding carboxylic acids is 4. The van der Waals surface area contributed by atoms with E-state index in [2.05, 4.69) is 79.1 Å². The molecule has 1 saturated carbocycles. The number of likely N-dealkylation sites (tertiary alicyclic amines) is 2. The van der Waals surface area contributed by atoms with E-state index in [0.29, 0.717) is 75.6 Å². The minimum atomic E-state index is -1.42. The van der Waals surface area contributed by atoms with Gasteiger partial charge >= 0.3 is 5.97 Å². The predicted molar refractivity (Wildman–Crippen MR) is 305 cm³/mol. The number of fused-ring (bicyclic) bond motifs is 6. The molecule has 16 heteroatoms. The highest BCUT2D eigenvalue weighted by Crippen LogP contribution is 2.51. The molecule has 2 aromatic heterocycles. The number of esters is 1. The maximum atomic E-state index is 15.1. The average Bonchev–Trinajstić information content (AvgIpc) is 3.82. The summed E-state index contributed by atoms with van der Waals surface area (Å²) in [6.07, 6.45) is 7.25. The van der Waals surface area contributed by atoms with Crippen molar-refractivity contribution in [2.24, 2.45) is 22.7 Å². The standard InChI is InChI=1S/C63H79FN8O6S/c1-9-70-52-21-18-44-32-48(52)49(56(70)47-12-10-24-65-53(47)38(2)3)33-62(7,8)37-78-61(76)50-13-11-25-71(67-50)59(74)51(31-41-28-42(34-64)30-45(44)29-41)66-58(73)54(39(4)5)68-26-22-63(35-68)23-27-69(36-63)60(75)57-55(43-16-17-43)72(57)79(77)46-19-14-40(6)15-20-46/h10,12,14-15,18-21,24,28-30,32,38-39,43,50-51,54-55,57,67H,9,11,13,16-17,22-23,25-27,31,33-37H2,1-8H3,(H,66,73)/t50-,51-,54-,55+,57+,63-,72?,79+/m0/s1. The maximum Gasteiger partial charge on any atom is 0.324 e. The highest BCUT2D eigenvalue weighted by molar-refractivity contribution is 7.83. The maximum absolute atomic E-state index is 15.1. The Labute approximate surface area is 467 Å². The van der Waals surface area contributed by atoms with Crippen molar-refractivity contribution in [3.05, 3.63) is 107 Å². The molecule has 6 bridgehead atoms. The predicted octanol–water partition coefficient (Wildman–Crippen LogP) is 9.07. The number of aromatic nitrogens is 2. The summed E-state index contributed by atoms with van der Waals surface area (Å²) in [4.78, 5) is 68.5. The fourth-order valence-electron chi connectivity index (χ4n) is 13.6. The van der Waals surface area contributed by atoms with E-state index >= 15 is 14.0 Å². The number of nitrogens with one attached hydrogen (secondary N) is 2. The van der Waals surface area contributed by atoms with Crippen LogP contribution in [0, 0.1) is 29.6 Å². The number of hydrogen-bond donors (Lipinski definition) is 2. The number of carbonyl (C=O) groups is 4. The normalized spacial score (nSPS) is 26.2. The number of ether oxygens (including phenoxy) is 1. The van der Waals surface area contributed by atoms with Crippen molar-refractivity contribution in [2.45, 2.75) is 161 Å². The SMILES string of the molecule is CCn1c(-c2cccnc2C(C)C)c2c3cc(ccc31)-c1cc(CF)cc(c1)C[C@H](NC(=O)[C@H](C(C)C)N1CC[C@]3(CCN(C(=O)[C@H]4[C@@H](C5CC5)N4[S@](=O)c4ccc(C)cc4)C3)C1)C(=O)N1CCC[C@H](N1)C(=O)OCC(C)(C)C2. The van der Waals surface area contributed by atoms with E-state index in [4.69, 9.17) is 9.72 Å². The second-order valence-corrected chi connectivity index (χ2v) is 26.6. The number of halogens is 1. The van der Waals surface area contributed by atoms with E-state index < -0.39 is 53.2 Å². The molecular weight excluding hydrogens is 1020 g/mol. The lowest BCUT2D eigenvalue weighted by atomic mass is 9.83. The minimum Gasteiger partial charge on any atom is -0.464 e. The van der Waals surface area contributed by atoms with Gasteiger partial charge in [0.15, 0.2) is 0 Å². The molecule has 3 amide bonds. The van der Waals surface area contributed by atoms with E-state index in [1.54, 1.807) is 6.07 Å². The Morgan fingerprint density at radius 3 is 2.43 bits per heavy atom. The van der Waals surface area contributed by atoms with E-state index in [9.17, 15) is 13.8 Å². The van der Waals surface area contributed by atoms with Crippen molar-refractivity contribution in [3.8, 4) is 22.4 Å².